The number of benzene rings is 1. The van der Waals surface area contributed by atoms with E-state index in [1.165, 1.54) is 18.4 Å². The van der Waals surface area contributed by atoms with Crippen molar-refractivity contribution >= 4 is 6.03 Å². The highest BCUT2D eigenvalue weighted by molar-refractivity contribution is 5.74. The Morgan fingerprint density at radius 2 is 2.08 bits per heavy atom. The number of halogens is 1. The van der Waals surface area contributed by atoms with Crippen molar-refractivity contribution in [1.82, 2.24) is 20.8 Å². The quantitative estimate of drug-likeness (QED) is 0.750. The van der Waals surface area contributed by atoms with Crippen molar-refractivity contribution in [3.8, 4) is 11.4 Å². The van der Waals surface area contributed by atoms with E-state index < -0.39 is 6.04 Å². The van der Waals surface area contributed by atoms with Crippen LogP contribution in [0.4, 0.5) is 9.18 Å². The molecule has 2 heterocycles. The number of furan rings is 1. The highest BCUT2D eigenvalue weighted by atomic mass is 19.1. The molecule has 2 amide bonds. The topological polar surface area (TPSA) is 93.2 Å². The average molecular weight is 330 g/mol. The van der Waals surface area contributed by atoms with E-state index in [1.807, 2.05) is 0 Å². The molecule has 1 aromatic carbocycles. The summed E-state index contributed by atoms with van der Waals surface area (Å²) in [6.07, 6.45) is 3.09. The van der Waals surface area contributed by atoms with E-state index in [9.17, 15) is 9.18 Å². The van der Waals surface area contributed by atoms with Gasteiger partial charge in [0.2, 0.25) is 11.7 Å². The molecule has 1 atom stereocenters. The van der Waals surface area contributed by atoms with Gasteiger partial charge in [-0.3, -0.25) is 0 Å². The van der Waals surface area contributed by atoms with Crippen LogP contribution in [0.3, 0.4) is 0 Å². The van der Waals surface area contributed by atoms with Gasteiger partial charge in [-0.05, 0) is 37.3 Å². The van der Waals surface area contributed by atoms with E-state index in [4.69, 9.17) is 8.94 Å². The SMILES string of the molecule is C[C@@H](NC(=O)NCc1ccoc1)c1nc(-c2ccc(F)cc2)no1. The van der Waals surface area contributed by atoms with Crippen molar-refractivity contribution in [3.63, 3.8) is 0 Å². The van der Waals surface area contributed by atoms with E-state index in [1.54, 1.807) is 31.4 Å². The zero-order chi connectivity index (χ0) is 16.9. The van der Waals surface area contributed by atoms with Crippen LogP contribution in [0, 0.1) is 5.82 Å². The van der Waals surface area contributed by atoms with Crippen molar-refractivity contribution in [2.45, 2.75) is 19.5 Å². The summed E-state index contributed by atoms with van der Waals surface area (Å²) in [5.74, 6) is 0.247. The number of hydrogen-bond acceptors (Lipinski definition) is 5. The van der Waals surface area contributed by atoms with Gasteiger partial charge in [-0.2, -0.15) is 4.98 Å². The second-order valence-corrected chi connectivity index (χ2v) is 5.14. The molecule has 0 fully saturated rings. The van der Waals surface area contributed by atoms with Gasteiger partial charge in [-0.15, -0.1) is 0 Å². The largest absolute Gasteiger partial charge is 0.472 e. The lowest BCUT2D eigenvalue weighted by Gasteiger charge is -2.10. The fourth-order valence-electron chi connectivity index (χ4n) is 2.01. The monoisotopic (exact) mass is 330 g/mol. The maximum absolute atomic E-state index is 12.9. The first-order valence-corrected chi connectivity index (χ1v) is 7.27. The van der Waals surface area contributed by atoms with E-state index in [2.05, 4.69) is 20.8 Å². The number of aromatic nitrogens is 2. The van der Waals surface area contributed by atoms with Crippen LogP contribution in [0.5, 0.6) is 0 Å². The molecule has 0 aliphatic carbocycles. The molecule has 2 aromatic heterocycles. The van der Waals surface area contributed by atoms with Gasteiger partial charge in [0.1, 0.15) is 11.9 Å². The number of hydrogen-bond donors (Lipinski definition) is 2. The Bertz CT molecular complexity index is 799. The molecule has 0 saturated heterocycles. The summed E-state index contributed by atoms with van der Waals surface area (Å²) in [6, 6.07) is 6.66. The molecule has 24 heavy (non-hydrogen) atoms. The smallest absolute Gasteiger partial charge is 0.315 e. The third kappa shape index (κ3) is 3.78. The summed E-state index contributed by atoms with van der Waals surface area (Å²) >= 11 is 0. The van der Waals surface area contributed by atoms with Crippen molar-refractivity contribution in [1.29, 1.82) is 0 Å². The van der Waals surface area contributed by atoms with E-state index >= 15 is 0 Å². The molecule has 2 N–H and O–H groups in total. The van der Waals surface area contributed by atoms with Crippen LogP contribution in [-0.2, 0) is 6.54 Å². The summed E-state index contributed by atoms with van der Waals surface area (Å²) in [5, 5.41) is 9.22. The molecule has 0 bridgehead atoms. The molecule has 0 radical (unpaired) electrons. The minimum Gasteiger partial charge on any atom is -0.472 e. The number of carbonyl (C=O) groups excluding carboxylic acids is 1. The normalized spacial score (nSPS) is 11.9. The van der Waals surface area contributed by atoms with E-state index in [0.29, 0.717) is 17.9 Å². The summed E-state index contributed by atoms with van der Waals surface area (Å²) < 4.78 is 23.0. The van der Waals surface area contributed by atoms with Crippen LogP contribution in [-0.4, -0.2) is 16.2 Å². The molecule has 7 nitrogen and oxygen atoms in total. The zero-order valence-electron chi connectivity index (χ0n) is 12.8. The van der Waals surface area contributed by atoms with Crippen LogP contribution in [0.15, 0.2) is 51.8 Å². The maximum Gasteiger partial charge on any atom is 0.315 e. The van der Waals surface area contributed by atoms with Crippen molar-refractivity contribution in [2.75, 3.05) is 0 Å². The molecular weight excluding hydrogens is 315 g/mol. The first-order valence-electron chi connectivity index (χ1n) is 7.27. The lowest BCUT2D eigenvalue weighted by molar-refractivity contribution is 0.233. The molecular formula is C16H15FN4O3. The van der Waals surface area contributed by atoms with Crippen LogP contribution < -0.4 is 10.6 Å². The molecule has 0 unspecified atom stereocenters. The Kier molecular flexibility index (Phi) is 4.55. The van der Waals surface area contributed by atoms with Gasteiger partial charge in [0.25, 0.3) is 0 Å². The number of rotatable bonds is 5. The highest BCUT2D eigenvalue weighted by Crippen LogP contribution is 2.18. The number of carbonyl (C=O) groups is 1. The molecule has 3 rings (SSSR count). The van der Waals surface area contributed by atoms with Crippen LogP contribution in [0.1, 0.15) is 24.4 Å². The van der Waals surface area contributed by atoms with Gasteiger partial charge in [0, 0.05) is 17.7 Å². The van der Waals surface area contributed by atoms with Gasteiger partial charge in [-0.1, -0.05) is 5.16 Å². The maximum atomic E-state index is 12.9. The first kappa shape index (κ1) is 15.7. The summed E-state index contributed by atoms with van der Waals surface area (Å²) in [7, 11) is 0. The molecule has 124 valence electrons. The van der Waals surface area contributed by atoms with Gasteiger partial charge >= 0.3 is 6.03 Å². The predicted molar refractivity (Wildman–Crippen MR) is 82.2 cm³/mol. The number of nitrogens with one attached hydrogen (secondary N) is 2. The molecule has 8 heteroatoms. The fraction of sp³-hybridized carbons (Fsp3) is 0.188. The van der Waals surface area contributed by atoms with E-state index in [-0.39, 0.29) is 17.7 Å². The van der Waals surface area contributed by atoms with Crippen LogP contribution in [0.25, 0.3) is 11.4 Å². The van der Waals surface area contributed by atoms with E-state index in [0.717, 1.165) is 5.56 Å². The number of urea groups is 1. The van der Waals surface area contributed by atoms with Crippen molar-refractivity contribution < 1.29 is 18.1 Å². The standard InChI is InChI=1S/C16H15FN4O3/c1-10(19-16(22)18-8-11-6-7-23-9-11)15-20-14(21-24-15)12-2-4-13(17)5-3-12/h2-7,9-10H,8H2,1H3,(H2,18,19,22)/t10-/m1/s1. The van der Waals surface area contributed by atoms with Crippen molar-refractivity contribution in [3.05, 3.63) is 60.1 Å². The Morgan fingerprint density at radius 3 is 2.79 bits per heavy atom. The molecule has 0 saturated carbocycles. The molecule has 0 aliphatic heterocycles. The molecule has 0 aliphatic rings. The molecule has 3 aromatic rings. The Morgan fingerprint density at radius 1 is 1.29 bits per heavy atom. The highest BCUT2D eigenvalue weighted by Gasteiger charge is 2.17. The number of amides is 2. The minimum atomic E-state index is -0.476. The summed E-state index contributed by atoms with van der Waals surface area (Å²) in [4.78, 5) is 16.1. The number of nitrogens with zero attached hydrogens (tertiary/aromatic N) is 2. The first-order chi connectivity index (χ1) is 11.6. The third-order valence-corrected chi connectivity index (χ3v) is 3.30. The summed E-state index contributed by atoms with van der Waals surface area (Å²) in [6.45, 7) is 2.07. The van der Waals surface area contributed by atoms with Gasteiger partial charge < -0.3 is 19.6 Å². The predicted octanol–water partition coefficient (Wildman–Crippen LogP) is 3.03. The zero-order valence-corrected chi connectivity index (χ0v) is 12.8. The Hall–Kier alpha value is -3.16. The second-order valence-electron chi connectivity index (χ2n) is 5.14. The van der Waals surface area contributed by atoms with Crippen molar-refractivity contribution in [2.24, 2.45) is 0 Å². The molecule has 0 spiro atoms. The average Bonchev–Trinajstić information content (AvgIpc) is 3.25. The second kappa shape index (κ2) is 6.95. The fourth-order valence-corrected chi connectivity index (χ4v) is 2.01. The summed E-state index contributed by atoms with van der Waals surface area (Å²) in [5.41, 5.74) is 1.48. The van der Waals surface area contributed by atoms with Crippen LogP contribution >= 0.6 is 0 Å². The lowest BCUT2D eigenvalue weighted by Crippen LogP contribution is -2.36. The van der Waals surface area contributed by atoms with Crippen LogP contribution in [0.2, 0.25) is 0 Å². The van der Waals surface area contributed by atoms with Gasteiger partial charge in [0.15, 0.2) is 0 Å². The van der Waals surface area contributed by atoms with Gasteiger partial charge in [0.05, 0.1) is 12.5 Å². The Labute approximate surface area is 136 Å². The lowest BCUT2D eigenvalue weighted by atomic mass is 10.2. The Balaban J connectivity index is 1.58. The van der Waals surface area contributed by atoms with Gasteiger partial charge in [-0.25, -0.2) is 9.18 Å². The third-order valence-electron chi connectivity index (χ3n) is 3.30. The minimum absolute atomic E-state index is 0.257.